The van der Waals surface area contributed by atoms with E-state index in [-0.39, 0.29) is 5.41 Å². The van der Waals surface area contributed by atoms with Crippen LogP contribution in [0.4, 0.5) is 11.4 Å². The van der Waals surface area contributed by atoms with E-state index in [1.54, 1.807) is 0 Å². The van der Waals surface area contributed by atoms with Gasteiger partial charge in [0.05, 0.1) is 11.5 Å². The molecule has 0 amide bonds. The fraction of sp³-hybridized carbons (Fsp3) is 0.588. The van der Waals surface area contributed by atoms with Crippen LogP contribution in [0.15, 0.2) is 24.3 Å². The van der Waals surface area contributed by atoms with E-state index in [2.05, 4.69) is 54.4 Å². The van der Waals surface area contributed by atoms with Gasteiger partial charge in [-0.25, -0.2) is 0 Å². The van der Waals surface area contributed by atoms with E-state index in [0.29, 0.717) is 0 Å². The topological polar surface area (TPSA) is 39.1 Å². The molecule has 20 heavy (non-hydrogen) atoms. The Morgan fingerprint density at radius 3 is 2.25 bits per heavy atom. The van der Waals surface area contributed by atoms with Crippen LogP contribution in [0.25, 0.3) is 0 Å². The monoisotopic (exact) mass is 273 g/mol. The van der Waals surface area contributed by atoms with Crippen LogP contribution in [-0.2, 0) is 0 Å². The molecule has 0 atom stereocenters. The standard InChI is InChI=1S/C17H27N3/c1-5-20(6-2)16-10-8-15(9-11-16)19-13-7-12-17(3,4)14-18/h8-11,19H,5-7,12-13H2,1-4H3. The number of benzene rings is 1. The van der Waals surface area contributed by atoms with Crippen LogP contribution >= 0.6 is 0 Å². The molecule has 0 fully saturated rings. The maximum Gasteiger partial charge on any atom is 0.0683 e. The fourth-order valence-electron chi connectivity index (χ4n) is 2.20. The lowest BCUT2D eigenvalue weighted by Crippen LogP contribution is -2.21. The van der Waals surface area contributed by atoms with Crippen molar-refractivity contribution in [2.75, 3.05) is 29.9 Å². The molecule has 0 aromatic heterocycles. The van der Waals surface area contributed by atoms with Crippen LogP contribution in [-0.4, -0.2) is 19.6 Å². The van der Waals surface area contributed by atoms with Crippen LogP contribution in [0.1, 0.15) is 40.5 Å². The molecule has 0 heterocycles. The summed E-state index contributed by atoms with van der Waals surface area (Å²) in [6.07, 6.45) is 1.94. The van der Waals surface area contributed by atoms with Crippen molar-refractivity contribution in [3.05, 3.63) is 24.3 Å². The summed E-state index contributed by atoms with van der Waals surface area (Å²) in [4.78, 5) is 2.33. The molecular formula is C17H27N3. The van der Waals surface area contributed by atoms with Gasteiger partial charge in [-0.1, -0.05) is 0 Å². The summed E-state index contributed by atoms with van der Waals surface area (Å²) >= 11 is 0. The highest BCUT2D eigenvalue weighted by Crippen LogP contribution is 2.21. The van der Waals surface area contributed by atoms with Crippen molar-refractivity contribution < 1.29 is 0 Å². The minimum Gasteiger partial charge on any atom is -0.385 e. The predicted octanol–water partition coefficient (Wildman–Crippen LogP) is 4.27. The molecule has 1 aromatic carbocycles. The number of nitrogens with one attached hydrogen (secondary N) is 1. The largest absolute Gasteiger partial charge is 0.385 e. The summed E-state index contributed by atoms with van der Waals surface area (Å²) in [5, 5.41) is 12.4. The van der Waals surface area contributed by atoms with Gasteiger partial charge in [0, 0.05) is 31.0 Å². The zero-order valence-corrected chi connectivity index (χ0v) is 13.2. The highest BCUT2D eigenvalue weighted by atomic mass is 15.1. The molecule has 0 saturated heterocycles. The second kappa shape index (κ2) is 7.79. The van der Waals surface area contributed by atoms with E-state index in [0.717, 1.165) is 38.2 Å². The maximum absolute atomic E-state index is 8.96. The number of nitriles is 1. The van der Waals surface area contributed by atoms with Crippen molar-refractivity contribution in [3.8, 4) is 6.07 Å². The van der Waals surface area contributed by atoms with Crippen molar-refractivity contribution in [1.82, 2.24) is 0 Å². The van der Waals surface area contributed by atoms with E-state index < -0.39 is 0 Å². The second-order valence-corrected chi connectivity index (χ2v) is 5.75. The third kappa shape index (κ3) is 5.13. The average molecular weight is 273 g/mol. The van der Waals surface area contributed by atoms with Crippen molar-refractivity contribution in [2.24, 2.45) is 5.41 Å². The van der Waals surface area contributed by atoms with Crippen LogP contribution in [0.5, 0.6) is 0 Å². The maximum atomic E-state index is 8.96. The van der Waals surface area contributed by atoms with Gasteiger partial charge >= 0.3 is 0 Å². The van der Waals surface area contributed by atoms with Gasteiger partial charge in [-0.15, -0.1) is 0 Å². The highest BCUT2D eigenvalue weighted by molar-refractivity contribution is 5.54. The molecule has 1 N–H and O–H groups in total. The number of rotatable bonds is 8. The average Bonchev–Trinajstić information content (AvgIpc) is 2.46. The molecule has 0 saturated carbocycles. The minimum atomic E-state index is -0.214. The van der Waals surface area contributed by atoms with Crippen LogP contribution in [0.3, 0.4) is 0 Å². The third-order valence-corrected chi connectivity index (χ3v) is 3.61. The lowest BCUT2D eigenvalue weighted by atomic mass is 9.90. The van der Waals surface area contributed by atoms with Gasteiger partial charge in [-0.2, -0.15) is 5.26 Å². The van der Waals surface area contributed by atoms with Crippen molar-refractivity contribution in [3.63, 3.8) is 0 Å². The first-order valence-corrected chi connectivity index (χ1v) is 7.52. The Morgan fingerprint density at radius 1 is 1.15 bits per heavy atom. The zero-order valence-electron chi connectivity index (χ0n) is 13.2. The van der Waals surface area contributed by atoms with E-state index in [1.807, 2.05) is 13.8 Å². The molecule has 1 aromatic rings. The molecule has 0 unspecified atom stereocenters. The smallest absolute Gasteiger partial charge is 0.0683 e. The molecule has 0 aliphatic carbocycles. The van der Waals surface area contributed by atoms with Crippen LogP contribution in [0, 0.1) is 16.7 Å². The Balaban J connectivity index is 2.41. The number of nitrogens with zero attached hydrogens (tertiary/aromatic N) is 2. The quantitative estimate of drug-likeness (QED) is 0.719. The van der Waals surface area contributed by atoms with Gasteiger partial charge in [0.15, 0.2) is 0 Å². The molecule has 0 radical (unpaired) electrons. The Hall–Kier alpha value is -1.69. The van der Waals surface area contributed by atoms with Gasteiger partial charge in [0.25, 0.3) is 0 Å². The van der Waals surface area contributed by atoms with Crippen molar-refractivity contribution in [1.29, 1.82) is 5.26 Å². The van der Waals surface area contributed by atoms with Gasteiger partial charge < -0.3 is 10.2 Å². The summed E-state index contributed by atoms with van der Waals surface area (Å²) < 4.78 is 0. The number of hydrogen-bond donors (Lipinski definition) is 1. The Morgan fingerprint density at radius 2 is 1.75 bits per heavy atom. The number of anilines is 2. The van der Waals surface area contributed by atoms with Crippen molar-refractivity contribution in [2.45, 2.75) is 40.5 Å². The first kappa shape index (κ1) is 16.4. The summed E-state index contributed by atoms with van der Waals surface area (Å²) in [6, 6.07) is 10.9. The Bertz CT molecular complexity index is 425. The summed E-state index contributed by atoms with van der Waals surface area (Å²) in [5.74, 6) is 0. The third-order valence-electron chi connectivity index (χ3n) is 3.61. The highest BCUT2D eigenvalue weighted by Gasteiger charge is 2.15. The molecule has 3 heteroatoms. The zero-order chi connectivity index (χ0) is 15.0. The number of hydrogen-bond acceptors (Lipinski definition) is 3. The molecule has 1 rings (SSSR count). The second-order valence-electron chi connectivity index (χ2n) is 5.75. The normalized spacial score (nSPS) is 10.9. The summed E-state index contributed by atoms with van der Waals surface area (Å²) in [7, 11) is 0. The first-order chi connectivity index (χ1) is 9.52. The predicted molar refractivity (Wildman–Crippen MR) is 87.1 cm³/mol. The SMILES string of the molecule is CCN(CC)c1ccc(NCCCC(C)(C)C#N)cc1. The van der Waals surface area contributed by atoms with Gasteiger partial charge in [-0.3, -0.25) is 0 Å². The van der Waals surface area contributed by atoms with E-state index in [1.165, 1.54) is 5.69 Å². The Labute approximate surface area is 123 Å². The van der Waals surface area contributed by atoms with Gasteiger partial charge in [0.1, 0.15) is 0 Å². The van der Waals surface area contributed by atoms with Crippen LogP contribution < -0.4 is 10.2 Å². The molecule has 110 valence electrons. The van der Waals surface area contributed by atoms with E-state index in [4.69, 9.17) is 5.26 Å². The molecule has 3 nitrogen and oxygen atoms in total. The first-order valence-electron chi connectivity index (χ1n) is 7.52. The van der Waals surface area contributed by atoms with E-state index >= 15 is 0 Å². The molecule has 0 spiro atoms. The molecular weight excluding hydrogens is 246 g/mol. The van der Waals surface area contributed by atoms with Crippen molar-refractivity contribution >= 4 is 11.4 Å². The summed E-state index contributed by atoms with van der Waals surface area (Å²) in [5.41, 5.74) is 2.20. The fourth-order valence-corrected chi connectivity index (χ4v) is 2.20. The van der Waals surface area contributed by atoms with Gasteiger partial charge in [0.2, 0.25) is 0 Å². The lowest BCUT2D eigenvalue weighted by Gasteiger charge is -2.21. The van der Waals surface area contributed by atoms with Crippen LogP contribution in [0.2, 0.25) is 0 Å². The summed E-state index contributed by atoms with van der Waals surface area (Å²) in [6.45, 7) is 11.3. The minimum absolute atomic E-state index is 0.214. The van der Waals surface area contributed by atoms with Gasteiger partial charge in [-0.05, 0) is 64.8 Å². The van der Waals surface area contributed by atoms with E-state index in [9.17, 15) is 0 Å². The molecule has 0 bridgehead atoms. The Kier molecular flexibility index (Phi) is 6.38. The lowest BCUT2D eigenvalue weighted by molar-refractivity contribution is 0.441. The molecule has 0 aliphatic rings. The molecule has 0 aliphatic heterocycles.